The minimum absolute atomic E-state index is 0.0345. The number of hydrogen-bond donors (Lipinski definition) is 1. The molecule has 2 fully saturated rings. The van der Waals surface area contributed by atoms with Crippen molar-refractivity contribution in [1.82, 2.24) is 0 Å². The highest BCUT2D eigenvalue weighted by atomic mass is 16.6. The Bertz CT molecular complexity index is 898. The molecular formula is C25H24O5. The number of phenolic OH excluding ortho intramolecular Hbond substituents is 1. The topological polar surface area (TPSA) is 63.8 Å². The van der Waals surface area contributed by atoms with Gasteiger partial charge in [0.25, 0.3) is 0 Å². The quantitative estimate of drug-likeness (QED) is 0.429. The smallest absolute Gasteiger partial charge is 0.119 e. The molecule has 5 rings (SSSR count). The molecule has 2 aliphatic heterocycles. The largest absolute Gasteiger partial charge is 0.508 e. The molecule has 2 saturated heterocycles. The predicted molar refractivity (Wildman–Crippen MR) is 112 cm³/mol. The summed E-state index contributed by atoms with van der Waals surface area (Å²) in [6.07, 6.45) is 0.475. The zero-order valence-corrected chi connectivity index (χ0v) is 16.6. The summed E-state index contributed by atoms with van der Waals surface area (Å²) >= 11 is 0. The van der Waals surface area contributed by atoms with E-state index in [1.165, 1.54) is 0 Å². The van der Waals surface area contributed by atoms with Crippen LogP contribution >= 0.6 is 0 Å². The molecule has 0 bridgehead atoms. The third-order valence-electron chi connectivity index (χ3n) is 5.33. The summed E-state index contributed by atoms with van der Waals surface area (Å²) in [6.45, 7) is 2.75. The number of ether oxygens (including phenoxy) is 4. The standard InChI is InChI=1S/C25H24O5/c26-20-7-1-17(2-8-20)25(18-3-9-21(10-4-18)27-13-23-15-29-23)19-5-11-22(12-6-19)28-14-24-16-30-24/h1-12,23-26H,13-16H2. The van der Waals surface area contributed by atoms with E-state index in [-0.39, 0.29) is 23.9 Å². The van der Waals surface area contributed by atoms with Crippen molar-refractivity contribution in [1.29, 1.82) is 0 Å². The first-order valence-corrected chi connectivity index (χ1v) is 10.2. The van der Waals surface area contributed by atoms with Crippen molar-refractivity contribution >= 4 is 0 Å². The lowest BCUT2D eigenvalue weighted by Gasteiger charge is -2.20. The van der Waals surface area contributed by atoms with Gasteiger partial charge in [-0.3, -0.25) is 0 Å². The minimum Gasteiger partial charge on any atom is -0.508 e. The summed E-state index contributed by atoms with van der Waals surface area (Å²) in [5.74, 6) is 1.97. The Labute approximate surface area is 175 Å². The van der Waals surface area contributed by atoms with Crippen LogP contribution in [0.2, 0.25) is 0 Å². The molecular weight excluding hydrogens is 380 g/mol. The lowest BCUT2D eigenvalue weighted by molar-refractivity contribution is 0.263. The average molecular weight is 404 g/mol. The van der Waals surface area contributed by atoms with E-state index in [2.05, 4.69) is 24.3 Å². The molecule has 5 nitrogen and oxygen atoms in total. The number of phenols is 1. The predicted octanol–water partition coefficient (Wildman–Crippen LogP) is 4.13. The van der Waals surface area contributed by atoms with Crippen molar-refractivity contribution in [3.05, 3.63) is 89.5 Å². The van der Waals surface area contributed by atoms with Crippen LogP contribution in [-0.2, 0) is 9.47 Å². The third kappa shape index (κ3) is 4.75. The van der Waals surface area contributed by atoms with Gasteiger partial charge in [0.05, 0.1) is 13.2 Å². The first-order chi connectivity index (χ1) is 14.7. The van der Waals surface area contributed by atoms with Crippen LogP contribution in [0.15, 0.2) is 72.8 Å². The summed E-state index contributed by atoms with van der Waals surface area (Å²) in [6, 6.07) is 23.7. The normalized spacial score (nSPS) is 20.4. The van der Waals surface area contributed by atoms with E-state index in [1.54, 1.807) is 12.1 Å². The van der Waals surface area contributed by atoms with Crippen LogP contribution in [0.5, 0.6) is 17.2 Å². The van der Waals surface area contributed by atoms with Crippen molar-refractivity contribution in [2.24, 2.45) is 0 Å². The Kier molecular flexibility index (Phi) is 5.30. The summed E-state index contributed by atoms with van der Waals surface area (Å²) in [7, 11) is 0. The first kappa shape index (κ1) is 19.0. The third-order valence-corrected chi connectivity index (χ3v) is 5.33. The molecule has 3 aromatic rings. The highest BCUT2D eigenvalue weighted by Gasteiger charge is 2.24. The molecule has 0 radical (unpaired) electrons. The van der Waals surface area contributed by atoms with Crippen LogP contribution in [0.25, 0.3) is 0 Å². The summed E-state index contributed by atoms with van der Waals surface area (Å²) in [5.41, 5.74) is 3.40. The second kappa shape index (κ2) is 8.38. The van der Waals surface area contributed by atoms with Crippen molar-refractivity contribution in [3.8, 4) is 17.2 Å². The van der Waals surface area contributed by atoms with E-state index >= 15 is 0 Å². The molecule has 2 unspecified atom stereocenters. The van der Waals surface area contributed by atoms with Crippen LogP contribution in [0.1, 0.15) is 22.6 Å². The lowest BCUT2D eigenvalue weighted by Crippen LogP contribution is -2.06. The van der Waals surface area contributed by atoms with E-state index in [0.29, 0.717) is 13.2 Å². The Balaban J connectivity index is 1.38. The van der Waals surface area contributed by atoms with Crippen molar-refractivity contribution in [2.75, 3.05) is 26.4 Å². The second-order valence-corrected chi connectivity index (χ2v) is 7.70. The monoisotopic (exact) mass is 404 g/mol. The highest BCUT2D eigenvalue weighted by Crippen LogP contribution is 2.34. The fraction of sp³-hybridized carbons (Fsp3) is 0.280. The van der Waals surface area contributed by atoms with Gasteiger partial charge in [0.2, 0.25) is 0 Å². The Morgan fingerprint density at radius 1 is 0.667 bits per heavy atom. The van der Waals surface area contributed by atoms with Crippen molar-refractivity contribution in [2.45, 2.75) is 18.1 Å². The Hall–Kier alpha value is -3.02. The molecule has 0 saturated carbocycles. The summed E-state index contributed by atoms with van der Waals surface area (Å²) in [5, 5.41) is 9.72. The van der Waals surface area contributed by atoms with Gasteiger partial charge < -0.3 is 24.1 Å². The molecule has 154 valence electrons. The Morgan fingerprint density at radius 3 is 1.40 bits per heavy atom. The lowest BCUT2D eigenvalue weighted by atomic mass is 9.85. The second-order valence-electron chi connectivity index (χ2n) is 7.70. The van der Waals surface area contributed by atoms with Crippen molar-refractivity contribution < 1.29 is 24.1 Å². The van der Waals surface area contributed by atoms with E-state index in [9.17, 15) is 5.11 Å². The molecule has 3 aromatic carbocycles. The maximum atomic E-state index is 9.72. The van der Waals surface area contributed by atoms with Gasteiger partial charge in [-0.2, -0.15) is 0 Å². The Morgan fingerprint density at radius 2 is 1.03 bits per heavy atom. The molecule has 2 atom stereocenters. The van der Waals surface area contributed by atoms with Crippen LogP contribution in [-0.4, -0.2) is 43.7 Å². The van der Waals surface area contributed by atoms with Crippen LogP contribution in [0.3, 0.4) is 0 Å². The number of hydrogen-bond acceptors (Lipinski definition) is 5. The fourth-order valence-electron chi connectivity index (χ4n) is 3.46. The molecule has 0 amide bonds. The summed E-state index contributed by atoms with van der Waals surface area (Å²) < 4.78 is 21.9. The number of epoxide rings is 2. The number of rotatable bonds is 9. The van der Waals surface area contributed by atoms with Gasteiger partial charge in [0.1, 0.15) is 42.7 Å². The van der Waals surface area contributed by atoms with Gasteiger partial charge in [0, 0.05) is 5.92 Å². The van der Waals surface area contributed by atoms with Gasteiger partial charge in [-0.05, 0) is 53.1 Å². The molecule has 1 N–H and O–H groups in total. The summed E-state index contributed by atoms with van der Waals surface area (Å²) in [4.78, 5) is 0. The average Bonchev–Trinajstić information content (AvgIpc) is 3.69. The maximum absolute atomic E-state index is 9.72. The van der Waals surface area contributed by atoms with E-state index in [0.717, 1.165) is 41.4 Å². The van der Waals surface area contributed by atoms with Crippen LogP contribution in [0.4, 0.5) is 0 Å². The molecule has 2 aliphatic rings. The minimum atomic E-state index is 0.0345. The molecule has 0 aliphatic carbocycles. The van der Waals surface area contributed by atoms with Gasteiger partial charge in [0.15, 0.2) is 0 Å². The molecule has 30 heavy (non-hydrogen) atoms. The molecule has 0 spiro atoms. The molecule has 0 aromatic heterocycles. The number of benzene rings is 3. The maximum Gasteiger partial charge on any atom is 0.119 e. The SMILES string of the molecule is Oc1ccc(C(c2ccc(OCC3CO3)cc2)c2ccc(OCC3CO3)cc2)cc1. The van der Waals surface area contributed by atoms with E-state index in [1.807, 2.05) is 36.4 Å². The van der Waals surface area contributed by atoms with Crippen LogP contribution in [0, 0.1) is 0 Å². The van der Waals surface area contributed by atoms with E-state index < -0.39 is 0 Å². The zero-order chi connectivity index (χ0) is 20.3. The van der Waals surface area contributed by atoms with Gasteiger partial charge in [-0.15, -0.1) is 0 Å². The van der Waals surface area contributed by atoms with Crippen LogP contribution < -0.4 is 9.47 Å². The van der Waals surface area contributed by atoms with Gasteiger partial charge in [-0.1, -0.05) is 36.4 Å². The fourth-order valence-corrected chi connectivity index (χ4v) is 3.46. The molecule has 5 heteroatoms. The van der Waals surface area contributed by atoms with E-state index in [4.69, 9.17) is 18.9 Å². The van der Waals surface area contributed by atoms with Crippen molar-refractivity contribution in [3.63, 3.8) is 0 Å². The number of aromatic hydroxyl groups is 1. The molecule has 2 heterocycles. The van der Waals surface area contributed by atoms with Gasteiger partial charge >= 0.3 is 0 Å². The highest BCUT2D eigenvalue weighted by molar-refractivity contribution is 5.46. The van der Waals surface area contributed by atoms with Gasteiger partial charge in [-0.25, -0.2) is 0 Å². The zero-order valence-electron chi connectivity index (χ0n) is 16.6. The first-order valence-electron chi connectivity index (χ1n) is 10.2.